The van der Waals surface area contributed by atoms with Gasteiger partial charge in [-0.25, -0.2) is 0 Å². The predicted octanol–water partition coefficient (Wildman–Crippen LogP) is 1.89. The fourth-order valence-corrected chi connectivity index (χ4v) is 1.77. The van der Waals surface area contributed by atoms with E-state index in [9.17, 15) is 0 Å². The Kier molecular flexibility index (Phi) is 2.72. The van der Waals surface area contributed by atoms with E-state index in [-0.39, 0.29) is 0 Å². The lowest BCUT2D eigenvalue weighted by Crippen LogP contribution is -2.39. The molecule has 1 heteroatoms. The molecule has 0 spiro atoms. The molecule has 1 aliphatic carbocycles. The first kappa shape index (κ1) is 8.06. The Hall–Kier alpha value is -0.0400. The summed E-state index contributed by atoms with van der Waals surface area (Å²) in [7, 11) is 0. The minimum atomic E-state index is 0.957. The van der Waals surface area contributed by atoms with Gasteiger partial charge in [0.1, 0.15) is 0 Å². The molecule has 0 aromatic heterocycles. The molecule has 0 saturated heterocycles. The number of hydrogen-bond acceptors (Lipinski definition) is 1. The highest BCUT2D eigenvalue weighted by Crippen LogP contribution is 2.38. The van der Waals surface area contributed by atoms with Crippen molar-refractivity contribution in [2.24, 2.45) is 17.8 Å². The molecular weight excluding hydrogens is 122 g/mol. The molecule has 3 atom stereocenters. The minimum Gasteiger partial charge on any atom is -0.317 e. The first-order valence-electron chi connectivity index (χ1n) is 4.46. The van der Waals surface area contributed by atoms with Crippen LogP contribution in [0.1, 0.15) is 27.2 Å². The highest BCUT2D eigenvalue weighted by Gasteiger charge is 2.33. The van der Waals surface area contributed by atoms with Gasteiger partial charge in [-0.05, 0) is 37.3 Å². The zero-order valence-electron chi connectivity index (χ0n) is 7.35. The van der Waals surface area contributed by atoms with E-state index in [1.165, 1.54) is 13.0 Å². The van der Waals surface area contributed by atoms with E-state index < -0.39 is 0 Å². The van der Waals surface area contributed by atoms with Crippen LogP contribution in [0.4, 0.5) is 0 Å². The Morgan fingerprint density at radius 3 is 2.50 bits per heavy atom. The molecule has 3 unspecified atom stereocenters. The molecule has 0 amide bonds. The maximum atomic E-state index is 3.40. The molecule has 10 heavy (non-hydrogen) atoms. The van der Waals surface area contributed by atoms with Crippen LogP contribution in [0.15, 0.2) is 0 Å². The van der Waals surface area contributed by atoms with Gasteiger partial charge in [-0.3, -0.25) is 0 Å². The topological polar surface area (TPSA) is 12.0 Å². The van der Waals surface area contributed by atoms with E-state index >= 15 is 0 Å². The van der Waals surface area contributed by atoms with E-state index in [0.717, 1.165) is 24.3 Å². The summed E-state index contributed by atoms with van der Waals surface area (Å²) in [5, 5.41) is 3.40. The maximum absolute atomic E-state index is 3.40. The van der Waals surface area contributed by atoms with Gasteiger partial charge in [0.05, 0.1) is 0 Å². The minimum absolute atomic E-state index is 0.957. The molecule has 1 fully saturated rings. The molecule has 1 nitrogen and oxygen atoms in total. The Labute approximate surface area is 64.2 Å². The van der Waals surface area contributed by atoms with E-state index in [1.54, 1.807) is 0 Å². The molecule has 0 aromatic carbocycles. The van der Waals surface area contributed by atoms with Crippen LogP contribution in [0.2, 0.25) is 0 Å². The summed E-state index contributed by atoms with van der Waals surface area (Å²) in [5.41, 5.74) is 0. The van der Waals surface area contributed by atoms with Crippen LogP contribution in [0.5, 0.6) is 0 Å². The second kappa shape index (κ2) is 3.38. The van der Waals surface area contributed by atoms with Crippen LogP contribution in [0, 0.1) is 17.8 Å². The molecule has 1 rings (SSSR count). The van der Waals surface area contributed by atoms with Crippen LogP contribution in [0.25, 0.3) is 0 Å². The second-order valence-corrected chi connectivity index (χ2v) is 3.64. The lowest BCUT2D eigenvalue weighted by Gasteiger charge is -2.41. The van der Waals surface area contributed by atoms with Gasteiger partial charge in [0.2, 0.25) is 0 Å². The zero-order chi connectivity index (χ0) is 7.56. The van der Waals surface area contributed by atoms with Gasteiger partial charge in [0, 0.05) is 0 Å². The fourth-order valence-electron chi connectivity index (χ4n) is 1.77. The molecule has 0 radical (unpaired) electrons. The predicted molar refractivity (Wildman–Crippen MR) is 45.0 cm³/mol. The van der Waals surface area contributed by atoms with Crippen molar-refractivity contribution in [3.63, 3.8) is 0 Å². The van der Waals surface area contributed by atoms with Crippen molar-refractivity contribution in [1.82, 2.24) is 5.32 Å². The average molecular weight is 141 g/mol. The van der Waals surface area contributed by atoms with Crippen molar-refractivity contribution in [3.8, 4) is 0 Å². The van der Waals surface area contributed by atoms with Crippen molar-refractivity contribution < 1.29 is 0 Å². The number of rotatable bonds is 3. The lowest BCUT2D eigenvalue weighted by molar-refractivity contribution is 0.103. The van der Waals surface area contributed by atoms with Crippen molar-refractivity contribution >= 4 is 0 Å². The summed E-state index contributed by atoms with van der Waals surface area (Å²) in [6.45, 7) is 9.26. The van der Waals surface area contributed by atoms with E-state index in [1.807, 2.05) is 0 Å². The van der Waals surface area contributed by atoms with Crippen LogP contribution in [-0.2, 0) is 0 Å². The van der Waals surface area contributed by atoms with E-state index in [0.29, 0.717) is 0 Å². The van der Waals surface area contributed by atoms with E-state index in [2.05, 4.69) is 26.1 Å². The molecule has 0 heterocycles. The Morgan fingerprint density at radius 1 is 1.40 bits per heavy atom. The van der Waals surface area contributed by atoms with Crippen LogP contribution >= 0.6 is 0 Å². The Balaban J connectivity index is 2.08. The quantitative estimate of drug-likeness (QED) is 0.633. The van der Waals surface area contributed by atoms with Crippen molar-refractivity contribution in [2.75, 3.05) is 13.1 Å². The lowest BCUT2D eigenvalue weighted by atomic mass is 9.67. The van der Waals surface area contributed by atoms with Crippen molar-refractivity contribution in [2.45, 2.75) is 27.2 Å². The smallest absolute Gasteiger partial charge is 0.00179 e. The Morgan fingerprint density at radius 2 is 2.10 bits per heavy atom. The fraction of sp³-hybridized carbons (Fsp3) is 1.00. The van der Waals surface area contributed by atoms with Gasteiger partial charge in [-0.1, -0.05) is 20.8 Å². The number of hydrogen-bond donors (Lipinski definition) is 1. The van der Waals surface area contributed by atoms with Crippen LogP contribution in [-0.4, -0.2) is 13.1 Å². The van der Waals surface area contributed by atoms with Crippen LogP contribution in [0.3, 0.4) is 0 Å². The van der Waals surface area contributed by atoms with Crippen molar-refractivity contribution in [3.05, 3.63) is 0 Å². The third-order valence-corrected chi connectivity index (χ3v) is 2.97. The van der Waals surface area contributed by atoms with Crippen LogP contribution < -0.4 is 5.32 Å². The summed E-state index contributed by atoms with van der Waals surface area (Å²) in [6.07, 6.45) is 1.44. The average Bonchev–Trinajstić information content (AvgIpc) is 1.97. The van der Waals surface area contributed by atoms with Gasteiger partial charge >= 0.3 is 0 Å². The summed E-state index contributed by atoms with van der Waals surface area (Å²) in [6, 6.07) is 0. The standard InChI is InChI=1S/C9H19N/c1-4-10-6-9-5-7(2)8(9)3/h7-10H,4-6H2,1-3H3. The molecule has 1 aliphatic rings. The van der Waals surface area contributed by atoms with Gasteiger partial charge in [0.25, 0.3) is 0 Å². The maximum Gasteiger partial charge on any atom is -0.00179 e. The van der Waals surface area contributed by atoms with Gasteiger partial charge in [-0.15, -0.1) is 0 Å². The van der Waals surface area contributed by atoms with Crippen molar-refractivity contribution in [1.29, 1.82) is 0 Å². The number of nitrogens with one attached hydrogen (secondary N) is 1. The molecule has 60 valence electrons. The summed E-state index contributed by atoms with van der Waals surface area (Å²) in [4.78, 5) is 0. The molecule has 0 aliphatic heterocycles. The molecule has 1 N–H and O–H groups in total. The van der Waals surface area contributed by atoms with Gasteiger partial charge < -0.3 is 5.32 Å². The molecule has 0 aromatic rings. The summed E-state index contributed by atoms with van der Waals surface area (Å²) in [5.74, 6) is 2.90. The van der Waals surface area contributed by atoms with Gasteiger partial charge in [-0.2, -0.15) is 0 Å². The second-order valence-electron chi connectivity index (χ2n) is 3.64. The first-order valence-corrected chi connectivity index (χ1v) is 4.46. The normalized spacial score (nSPS) is 39.3. The highest BCUT2D eigenvalue weighted by atomic mass is 14.9. The molecule has 0 bridgehead atoms. The molecule has 1 saturated carbocycles. The van der Waals surface area contributed by atoms with E-state index in [4.69, 9.17) is 0 Å². The largest absolute Gasteiger partial charge is 0.317 e. The third kappa shape index (κ3) is 1.51. The Bertz CT molecular complexity index is 101. The first-order chi connectivity index (χ1) is 4.75. The highest BCUT2D eigenvalue weighted by molar-refractivity contribution is 4.84. The monoisotopic (exact) mass is 141 g/mol. The van der Waals surface area contributed by atoms with Gasteiger partial charge in [0.15, 0.2) is 0 Å². The zero-order valence-corrected chi connectivity index (χ0v) is 7.35. The SMILES string of the molecule is CCNCC1CC(C)C1C. The summed E-state index contributed by atoms with van der Waals surface area (Å²) >= 11 is 0. The molecular formula is C9H19N. The third-order valence-electron chi connectivity index (χ3n) is 2.97. The summed E-state index contributed by atoms with van der Waals surface area (Å²) < 4.78 is 0.